The van der Waals surface area contributed by atoms with E-state index in [0.29, 0.717) is 31.4 Å². The van der Waals surface area contributed by atoms with Crippen LogP contribution in [0.25, 0.3) is 11.0 Å². The zero-order chi connectivity index (χ0) is 28.7. The van der Waals surface area contributed by atoms with Crippen molar-refractivity contribution in [1.29, 1.82) is 0 Å². The zero-order valence-corrected chi connectivity index (χ0v) is 24.7. The number of rotatable bonds is 11. The smallest absolute Gasteiger partial charge is 0.287 e. The van der Waals surface area contributed by atoms with Gasteiger partial charge in [0.05, 0.1) is 13.2 Å². The Morgan fingerprint density at radius 1 is 1.00 bits per heavy atom. The molecule has 2 aromatic carbocycles. The number of morpholine rings is 1. The van der Waals surface area contributed by atoms with Crippen molar-refractivity contribution in [3.8, 4) is 0 Å². The Morgan fingerprint density at radius 3 is 2.51 bits per heavy atom. The second kappa shape index (κ2) is 13.6. The lowest BCUT2D eigenvalue weighted by Crippen LogP contribution is -2.61. The quantitative estimate of drug-likeness (QED) is 0.280. The molecule has 0 spiro atoms. The summed E-state index contributed by atoms with van der Waals surface area (Å²) < 4.78 is 12.1. The molecule has 0 unspecified atom stereocenters. The molecule has 5 rings (SSSR count). The van der Waals surface area contributed by atoms with Crippen LogP contribution in [-0.2, 0) is 20.7 Å². The first-order valence-corrected chi connectivity index (χ1v) is 15.2. The lowest BCUT2D eigenvalue weighted by Gasteiger charge is -2.31. The van der Waals surface area contributed by atoms with Crippen LogP contribution in [0.15, 0.2) is 63.5 Å². The Balaban J connectivity index is 1.25. The van der Waals surface area contributed by atoms with Crippen molar-refractivity contribution in [2.45, 2.75) is 50.1 Å². The summed E-state index contributed by atoms with van der Waals surface area (Å²) in [5.74, 6) is -0.865. The molecule has 2 fully saturated rings. The topological polar surface area (TPSA) is 113 Å². The minimum Gasteiger partial charge on any atom is -0.451 e. The number of amides is 3. The van der Waals surface area contributed by atoms with Gasteiger partial charge in [0.2, 0.25) is 11.8 Å². The van der Waals surface area contributed by atoms with Crippen molar-refractivity contribution in [2.24, 2.45) is 0 Å². The van der Waals surface area contributed by atoms with Crippen LogP contribution in [0, 0.1) is 0 Å². The van der Waals surface area contributed by atoms with E-state index in [9.17, 15) is 14.4 Å². The van der Waals surface area contributed by atoms with Gasteiger partial charge in [0.1, 0.15) is 17.2 Å². The van der Waals surface area contributed by atoms with Gasteiger partial charge in [-0.1, -0.05) is 59.1 Å². The van der Waals surface area contributed by atoms with Crippen LogP contribution in [0.2, 0.25) is 0 Å². The summed E-state index contributed by atoms with van der Waals surface area (Å²) in [4.78, 5) is 42.8. The van der Waals surface area contributed by atoms with Gasteiger partial charge < -0.3 is 25.1 Å². The van der Waals surface area contributed by atoms with Gasteiger partial charge in [0.25, 0.3) is 5.91 Å². The summed E-state index contributed by atoms with van der Waals surface area (Å²) >= 11 is 3.44. The van der Waals surface area contributed by atoms with Crippen molar-refractivity contribution in [3.63, 3.8) is 0 Å². The SMILES string of the molecule is O=C(NC1(C(=O)N[C@H](Cc2ccccc2)C(=O)NCCCN2CCOCC2)CCCC1)c1cc2cc(Br)ccc2o1. The third-order valence-corrected chi connectivity index (χ3v) is 8.40. The maximum Gasteiger partial charge on any atom is 0.287 e. The summed E-state index contributed by atoms with van der Waals surface area (Å²) in [7, 11) is 0. The van der Waals surface area contributed by atoms with Gasteiger partial charge in [-0.25, -0.2) is 0 Å². The Hall–Kier alpha value is -3.21. The monoisotopic (exact) mass is 624 g/mol. The highest BCUT2D eigenvalue weighted by atomic mass is 79.9. The molecule has 1 aliphatic carbocycles. The maximum absolute atomic E-state index is 13.8. The molecule has 41 heavy (non-hydrogen) atoms. The number of furan rings is 1. The molecule has 3 amide bonds. The molecule has 1 saturated heterocycles. The van der Waals surface area contributed by atoms with Crippen molar-refractivity contribution in [3.05, 3.63) is 70.4 Å². The molecule has 1 aliphatic heterocycles. The summed E-state index contributed by atoms with van der Waals surface area (Å²) in [6.07, 6.45) is 3.76. The van der Waals surface area contributed by atoms with Gasteiger partial charge in [0.15, 0.2) is 5.76 Å². The third-order valence-electron chi connectivity index (χ3n) is 7.91. The predicted molar refractivity (Wildman–Crippen MR) is 160 cm³/mol. The number of fused-ring (bicyclic) bond motifs is 1. The van der Waals surface area contributed by atoms with E-state index in [0.717, 1.165) is 67.5 Å². The number of ether oxygens (including phenoxy) is 1. The van der Waals surface area contributed by atoms with E-state index in [-0.39, 0.29) is 17.6 Å². The molecule has 3 N–H and O–H groups in total. The van der Waals surface area contributed by atoms with Crippen molar-refractivity contribution < 1.29 is 23.5 Å². The van der Waals surface area contributed by atoms with Gasteiger partial charge in [0, 0.05) is 35.9 Å². The summed E-state index contributed by atoms with van der Waals surface area (Å²) in [5, 5.41) is 9.79. The first-order valence-electron chi connectivity index (χ1n) is 14.4. The van der Waals surface area contributed by atoms with Crippen LogP contribution in [0.3, 0.4) is 0 Å². The first-order chi connectivity index (χ1) is 19.9. The Bertz CT molecular complexity index is 1350. The van der Waals surface area contributed by atoms with E-state index < -0.39 is 17.5 Å². The van der Waals surface area contributed by atoms with Crippen LogP contribution in [0.4, 0.5) is 0 Å². The normalized spacial score (nSPS) is 17.7. The molecule has 3 aromatic rings. The van der Waals surface area contributed by atoms with Crippen LogP contribution in [0.5, 0.6) is 0 Å². The van der Waals surface area contributed by atoms with Gasteiger partial charge >= 0.3 is 0 Å². The highest BCUT2D eigenvalue weighted by molar-refractivity contribution is 9.10. The lowest BCUT2D eigenvalue weighted by atomic mass is 9.94. The van der Waals surface area contributed by atoms with Gasteiger partial charge in [-0.3, -0.25) is 19.3 Å². The molecule has 1 aromatic heterocycles. The van der Waals surface area contributed by atoms with Crippen LogP contribution < -0.4 is 16.0 Å². The minimum absolute atomic E-state index is 0.149. The van der Waals surface area contributed by atoms with Crippen LogP contribution >= 0.6 is 15.9 Å². The van der Waals surface area contributed by atoms with Crippen molar-refractivity contribution in [2.75, 3.05) is 39.4 Å². The predicted octanol–water partition coefficient (Wildman–Crippen LogP) is 3.80. The van der Waals surface area contributed by atoms with E-state index in [1.165, 1.54) is 0 Å². The maximum atomic E-state index is 13.8. The molecule has 1 atom stereocenters. The van der Waals surface area contributed by atoms with Crippen LogP contribution in [-0.4, -0.2) is 73.6 Å². The second-order valence-electron chi connectivity index (χ2n) is 10.9. The Morgan fingerprint density at radius 2 is 1.76 bits per heavy atom. The number of carbonyl (C=O) groups is 3. The third kappa shape index (κ3) is 7.55. The number of halogens is 1. The molecule has 0 bridgehead atoms. The molecule has 2 aliphatic rings. The molecular weight excluding hydrogens is 588 g/mol. The van der Waals surface area contributed by atoms with Crippen molar-refractivity contribution >= 4 is 44.6 Å². The fraction of sp³-hybridized carbons (Fsp3) is 0.452. The Labute approximate surface area is 248 Å². The molecule has 218 valence electrons. The minimum atomic E-state index is -1.11. The molecule has 1 saturated carbocycles. The molecule has 2 heterocycles. The summed E-state index contributed by atoms with van der Waals surface area (Å²) in [6.45, 7) is 4.68. The largest absolute Gasteiger partial charge is 0.451 e. The number of carbonyl (C=O) groups excluding carboxylic acids is 3. The molecule has 10 heteroatoms. The fourth-order valence-electron chi connectivity index (χ4n) is 5.61. The fourth-order valence-corrected chi connectivity index (χ4v) is 5.99. The average molecular weight is 626 g/mol. The van der Waals surface area contributed by atoms with E-state index in [1.807, 2.05) is 42.5 Å². The van der Waals surface area contributed by atoms with E-state index in [1.54, 1.807) is 12.1 Å². The van der Waals surface area contributed by atoms with E-state index in [4.69, 9.17) is 9.15 Å². The summed E-state index contributed by atoms with van der Waals surface area (Å²) in [6, 6.07) is 16.1. The van der Waals surface area contributed by atoms with Gasteiger partial charge in [-0.05, 0) is 55.6 Å². The molecule has 9 nitrogen and oxygen atoms in total. The number of hydrogen-bond donors (Lipinski definition) is 3. The standard InChI is InChI=1S/C31H37BrN4O5/c32-24-9-10-26-23(20-24)21-27(41-26)29(38)35-31(11-4-5-12-31)30(39)34-25(19-22-7-2-1-3-8-22)28(37)33-13-6-14-36-15-17-40-18-16-36/h1-3,7-10,20-21,25H,4-6,11-19H2,(H,33,37)(H,34,39)(H,35,38)/t25-/m1/s1. The van der Waals surface area contributed by atoms with Crippen LogP contribution in [0.1, 0.15) is 48.2 Å². The average Bonchev–Trinajstić information content (AvgIpc) is 3.64. The number of benzene rings is 2. The number of nitrogens with zero attached hydrogens (tertiary/aromatic N) is 1. The van der Waals surface area contributed by atoms with E-state index in [2.05, 4.69) is 36.8 Å². The van der Waals surface area contributed by atoms with Crippen molar-refractivity contribution in [1.82, 2.24) is 20.9 Å². The summed E-state index contributed by atoms with van der Waals surface area (Å²) in [5.41, 5.74) is 0.429. The Kier molecular flexibility index (Phi) is 9.74. The highest BCUT2D eigenvalue weighted by Crippen LogP contribution is 2.31. The second-order valence-corrected chi connectivity index (χ2v) is 11.8. The molecular formula is C31H37BrN4O5. The number of hydrogen-bond acceptors (Lipinski definition) is 6. The van der Waals surface area contributed by atoms with Gasteiger partial charge in [-0.2, -0.15) is 0 Å². The van der Waals surface area contributed by atoms with Gasteiger partial charge in [-0.15, -0.1) is 0 Å². The number of nitrogens with one attached hydrogen (secondary N) is 3. The molecule has 0 radical (unpaired) electrons. The van der Waals surface area contributed by atoms with E-state index >= 15 is 0 Å². The first kappa shape index (κ1) is 29.3. The lowest BCUT2D eigenvalue weighted by molar-refractivity contribution is -0.132. The highest BCUT2D eigenvalue weighted by Gasteiger charge is 2.44. The zero-order valence-electron chi connectivity index (χ0n) is 23.1.